The summed E-state index contributed by atoms with van der Waals surface area (Å²) in [5.41, 5.74) is -0.306. The molecule has 4 heteroatoms. The summed E-state index contributed by atoms with van der Waals surface area (Å²) in [7, 11) is -3.26. The molecule has 1 heterocycles. The summed E-state index contributed by atoms with van der Waals surface area (Å²) in [4.78, 5) is 0. The van der Waals surface area contributed by atoms with Gasteiger partial charge >= 0.3 is 0 Å². The maximum absolute atomic E-state index is 13.9. The zero-order valence-electron chi connectivity index (χ0n) is 19.9. The fraction of sp³-hybridized carbons (Fsp3) is 1.00. The van der Waals surface area contributed by atoms with E-state index in [0.717, 1.165) is 57.8 Å². The molecule has 0 bridgehead atoms. The first kappa shape index (κ1) is 25.9. The Balaban J connectivity index is 3.07. The number of unbranched alkanes of at least 4 members (excludes halogenated alkanes) is 5. The molecule has 0 saturated carbocycles. The second-order valence-corrected chi connectivity index (χ2v) is 11.8. The topological polar surface area (TPSA) is 37.4 Å². The largest absolute Gasteiger partial charge is 0.218 e. The van der Waals surface area contributed by atoms with E-state index < -0.39 is 10.0 Å². The van der Waals surface area contributed by atoms with E-state index in [1.165, 1.54) is 32.1 Å². The Hall–Kier alpha value is -0.0900. The van der Waals surface area contributed by atoms with Gasteiger partial charge in [0.25, 0.3) is 0 Å². The first-order valence-corrected chi connectivity index (χ1v) is 13.7. The van der Waals surface area contributed by atoms with Crippen molar-refractivity contribution in [2.24, 2.45) is 5.41 Å². The second-order valence-electron chi connectivity index (χ2n) is 9.77. The Labute approximate surface area is 177 Å². The van der Waals surface area contributed by atoms with Crippen LogP contribution in [0.15, 0.2) is 0 Å². The Morgan fingerprint density at radius 1 is 0.821 bits per heavy atom. The van der Waals surface area contributed by atoms with E-state index in [4.69, 9.17) is 0 Å². The molecule has 168 valence electrons. The van der Waals surface area contributed by atoms with Gasteiger partial charge in [-0.25, -0.2) is 8.42 Å². The summed E-state index contributed by atoms with van der Waals surface area (Å²) in [6.45, 7) is 14.0. The summed E-state index contributed by atoms with van der Waals surface area (Å²) < 4.78 is 29.7. The van der Waals surface area contributed by atoms with Crippen molar-refractivity contribution in [2.75, 3.05) is 6.54 Å². The van der Waals surface area contributed by atoms with Crippen LogP contribution in [0.3, 0.4) is 0 Å². The fourth-order valence-corrected chi connectivity index (χ4v) is 8.26. The van der Waals surface area contributed by atoms with Crippen LogP contribution in [0.5, 0.6) is 0 Å². The normalized spacial score (nSPS) is 24.6. The van der Waals surface area contributed by atoms with Crippen LogP contribution >= 0.6 is 0 Å². The average molecular weight is 416 g/mol. The molecule has 0 radical (unpaired) electrons. The van der Waals surface area contributed by atoms with Crippen molar-refractivity contribution < 1.29 is 8.42 Å². The lowest BCUT2D eigenvalue weighted by molar-refractivity contribution is 0.144. The highest BCUT2D eigenvalue weighted by Gasteiger charge is 2.50. The zero-order valence-corrected chi connectivity index (χ0v) is 20.7. The standard InChI is InChI=1S/C24H49NO2S/c1-7-11-13-14-15-20-23(5,19-12-8-2)22-17-16-21-25(28(22,26)27)24(6,10-4)18-9-3/h22H,7-21H2,1-6H3. The monoisotopic (exact) mass is 415 g/mol. The molecule has 0 aromatic heterocycles. The van der Waals surface area contributed by atoms with Gasteiger partial charge in [0.2, 0.25) is 10.0 Å². The van der Waals surface area contributed by atoms with Crippen molar-refractivity contribution in [3.05, 3.63) is 0 Å². The highest BCUT2D eigenvalue weighted by atomic mass is 32.2. The van der Waals surface area contributed by atoms with Gasteiger partial charge in [-0.2, -0.15) is 4.31 Å². The molecule has 0 amide bonds. The van der Waals surface area contributed by atoms with Gasteiger partial charge in [-0.15, -0.1) is 0 Å². The fourth-order valence-electron chi connectivity index (χ4n) is 5.31. The van der Waals surface area contributed by atoms with Gasteiger partial charge in [-0.05, 0) is 50.9 Å². The molecule has 1 fully saturated rings. The minimum absolute atomic E-state index is 0.0827. The third kappa shape index (κ3) is 6.45. The molecule has 1 aliphatic heterocycles. The van der Waals surface area contributed by atoms with Crippen molar-refractivity contribution in [1.82, 2.24) is 4.31 Å². The number of rotatable bonds is 14. The molecule has 3 nitrogen and oxygen atoms in total. The predicted octanol–water partition coefficient (Wildman–Crippen LogP) is 7.31. The lowest BCUT2D eigenvalue weighted by atomic mass is 9.75. The number of hydrogen-bond acceptors (Lipinski definition) is 2. The minimum atomic E-state index is -3.26. The predicted molar refractivity (Wildman–Crippen MR) is 123 cm³/mol. The minimum Gasteiger partial charge on any atom is -0.212 e. The Kier molecular flexibility index (Phi) is 11.1. The van der Waals surface area contributed by atoms with Gasteiger partial charge in [0.05, 0.1) is 5.25 Å². The number of nitrogens with zero attached hydrogens (tertiary/aromatic N) is 1. The molecule has 1 saturated heterocycles. The Morgan fingerprint density at radius 3 is 2.00 bits per heavy atom. The molecule has 0 N–H and O–H groups in total. The summed E-state index contributed by atoms with van der Waals surface area (Å²) >= 11 is 0. The third-order valence-corrected chi connectivity index (χ3v) is 10.1. The third-order valence-electron chi connectivity index (χ3n) is 7.38. The molecular weight excluding hydrogens is 366 g/mol. The number of hydrogen-bond donors (Lipinski definition) is 0. The lowest BCUT2D eigenvalue weighted by Gasteiger charge is -2.49. The van der Waals surface area contributed by atoms with Crippen LogP contribution in [0.4, 0.5) is 0 Å². The maximum Gasteiger partial charge on any atom is 0.218 e. The van der Waals surface area contributed by atoms with Crippen LogP contribution < -0.4 is 0 Å². The second kappa shape index (κ2) is 11.9. The molecule has 1 rings (SSSR count). The van der Waals surface area contributed by atoms with E-state index in [9.17, 15) is 8.42 Å². The van der Waals surface area contributed by atoms with E-state index in [1.54, 1.807) is 0 Å². The van der Waals surface area contributed by atoms with E-state index in [2.05, 4.69) is 41.5 Å². The SMILES string of the molecule is CCCCCCCC(C)(CCCC)C1CCCN(C(C)(CC)CCC)S1(=O)=O. The van der Waals surface area contributed by atoms with E-state index in [0.29, 0.717) is 6.54 Å². The average Bonchev–Trinajstić information content (AvgIpc) is 2.65. The highest BCUT2D eigenvalue weighted by molar-refractivity contribution is 7.89. The Morgan fingerprint density at radius 2 is 1.43 bits per heavy atom. The first-order chi connectivity index (χ1) is 13.2. The van der Waals surface area contributed by atoms with Gasteiger partial charge in [0.15, 0.2) is 0 Å². The van der Waals surface area contributed by atoms with Gasteiger partial charge in [0.1, 0.15) is 0 Å². The first-order valence-electron chi connectivity index (χ1n) is 12.2. The summed E-state index contributed by atoms with van der Waals surface area (Å²) in [5, 5.41) is -0.200. The van der Waals surface area contributed by atoms with Gasteiger partial charge in [-0.1, -0.05) is 86.0 Å². The highest BCUT2D eigenvalue weighted by Crippen LogP contribution is 2.45. The van der Waals surface area contributed by atoms with Crippen molar-refractivity contribution in [1.29, 1.82) is 0 Å². The van der Waals surface area contributed by atoms with Crippen molar-refractivity contribution in [2.45, 2.75) is 142 Å². The summed E-state index contributed by atoms with van der Waals surface area (Å²) in [6, 6.07) is 0. The zero-order chi connectivity index (χ0) is 21.3. The summed E-state index contributed by atoms with van der Waals surface area (Å²) in [5.74, 6) is 0. The van der Waals surface area contributed by atoms with Crippen LogP contribution in [-0.4, -0.2) is 30.1 Å². The van der Waals surface area contributed by atoms with Crippen molar-refractivity contribution in [3.8, 4) is 0 Å². The smallest absolute Gasteiger partial charge is 0.212 e. The van der Waals surface area contributed by atoms with Crippen LogP contribution in [0.2, 0.25) is 0 Å². The lowest BCUT2D eigenvalue weighted by Crippen LogP contribution is -2.58. The van der Waals surface area contributed by atoms with E-state index in [1.807, 2.05) is 4.31 Å². The molecule has 0 aromatic carbocycles. The van der Waals surface area contributed by atoms with Crippen LogP contribution in [-0.2, 0) is 10.0 Å². The maximum atomic E-state index is 13.9. The van der Waals surface area contributed by atoms with E-state index in [-0.39, 0.29) is 16.2 Å². The molecule has 3 atom stereocenters. The molecule has 0 aromatic rings. The van der Waals surface area contributed by atoms with Gasteiger partial charge in [-0.3, -0.25) is 0 Å². The van der Waals surface area contributed by atoms with Gasteiger partial charge < -0.3 is 0 Å². The van der Waals surface area contributed by atoms with Gasteiger partial charge in [0, 0.05) is 12.1 Å². The van der Waals surface area contributed by atoms with E-state index >= 15 is 0 Å². The van der Waals surface area contributed by atoms with Crippen LogP contribution in [0.25, 0.3) is 0 Å². The van der Waals surface area contributed by atoms with Crippen LogP contribution in [0.1, 0.15) is 131 Å². The molecule has 3 unspecified atom stereocenters. The number of sulfonamides is 1. The molecule has 1 aliphatic rings. The molecule has 0 aliphatic carbocycles. The van der Waals surface area contributed by atoms with Crippen molar-refractivity contribution >= 4 is 10.0 Å². The molecule has 28 heavy (non-hydrogen) atoms. The quantitative estimate of drug-likeness (QED) is 0.279. The van der Waals surface area contributed by atoms with Crippen LogP contribution in [0, 0.1) is 5.41 Å². The Bertz CT molecular complexity index is 533. The van der Waals surface area contributed by atoms with Crippen molar-refractivity contribution in [3.63, 3.8) is 0 Å². The summed E-state index contributed by atoms with van der Waals surface area (Å²) in [6.07, 6.45) is 15.4. The molecule has 0 spiro atoms. The molecular formula is C24H49NO2S.